The number of hydrogen-bond donors (Lipinski definition) is 1. The van der Waals surface area contributed by atoms with E-state index >= 15 is 0 Å². The van der Waals surface area contributed by atoms with Gasteiger partial charge in [0.25, 0.3) is 0 Å². The maximum absolute atomic E-state index is 5.89. The maximum atomic E-state index is 5.89. The molecule has 0 fully saturated rings. The van der Waals surface area contributed by atoms with Crippen LogP contribution in [-0.2, 0) is 13.0 Å². The van der Waals surface area contributed by atoms with E-state index in [-0.39, 0.29) is 0 Å². The molecule has 0 spiro atoms. The fraction of sp³-hybridized carbons (Fsp3) is 0.286. The number of nitrogens with one attached hydrogen (secondary N) is 1. The Hall–Kier alpha value is -1.03. The fourth-order valence-electron chi connectivity index (χ4n) is 1.71. The van der Waals surface area contributed by atoms with Crippen LogP contribution in [0, 0.1) is 0 Å². The third-order valence-corrected chi connectivity index (χ3v) is 3.93. The highest BCUT2D eigenvalue weighted by molar-refractivity contribution is 7.16. The SMILES string of the molecule is COc1cccc(CNCCc2ccc(Cl)s2)c1. The molecule has 2 rings (SSSR count). The number of methoxy groups -OCH3 is 1. The van der Waals surface area contributed by atoms with E-state index in [4.69, 9.17) is 16.3 Å². The largest absolute Gasteiger partial charge is 0.497 e. The summed E-state index contributed by atoms with van der Waals surface area (Å²) >= 11 is 7.53. The molecule has 4 heteroatoms. The first kappa shape index (κ1) is 13.4. The summed E-state index contributed by atoms with van der Waals surface area (Å²) in [7, 11) is 1.69. The van der Waals surface area contributed by atoms with Crippen LogP contribution in [0.1, 0.15) is 10.4 Å². The standard InChI is InChI=1S/C14H16ClNOS/c1-17-12-4-2-3-11(9-12)10-16-8-7-13-5-6-14(15)18-13/h2-6,9,16H,7-8,10H2,1H3. The van der Waals surface area contributed by atoms with Gasteiger partial charge in [0.1, 0.15) is 5.75 Å². The first-order chi connectivity index (χ1) is 8.78. The lowest BCUT2D eigenvalue weighted by Crippen LogP contribution is -2.16. The van der Waals surface area contributed by atoms with Gasteiger partial charge in [-0.25, -0.2) is 0 Å². The monoisotopic (exact) mass is 281 g/mol. The number of hydrogen-bond acceptors (Lipinski definition) is 3. The van der Waals surface area contributed by atoms with Gasteiger partial charge in [-0.05, 0) is 36.2 Å². The minimum Gasteiger partial charge on any atom is -0.497 e. The van der Waals surface area contributed by atoms with E-state index < -0.39 is 0 Å². The molecule has 0 amide bonds. The van der Waals surface area contributed by atoms with Crippen LogP contribution < -0.4 is 10.1 Å². The predicted octanol–water partition coefficient (Wildman–Crippen LogP) is 3.74. The molecule has 0 radical (unpaired) electrons. The van der Waals surface area contributed by atoms with Gasteiger partial charge in [-0.2, -0.15) is 0 Å². The van der Waals surface area contributed by atoms with Gasteiger partial charge in [0.2, 0.25) is 0 Å². The molecule has 0 aliphatic rings. The van der Waals surface area contributed by atoms with Crippen molar-refractivity contribution >= 4 is 22.9 Å². The summed E-state index contributed by atoms with van der Waals surface area (Å²) in [5.74, 6) is 0.902. The summed E-state index contributed by atoms with van der Waals surface area (Å²) in [5, 5.41) is 3.42. The van der Waals surface area contributed by atoms with Crippen molar-refractivity contribution < 1.29 is 4.74 Å². The van der Waals surface area contributed by atoms with E-state index in [0.717, 1.165) is 29.6 Å². The van der Waals surface area contributed by atoms with Crippen LogP contribution >= 0.6 is 22.9 Å². The molecule has 1 aromatic carbocycles. The van der Waals surface area contributed by atoms with Gasteiger partial charge < -0.3 is 10.1 Å². The molecule has 0 aliphatic heterocycles. The highest BCUT2D eigenvalue weighted by Crippen LogP contribution is 2.21. The summed E-state index contributed by atoms with van der Waals surface area (Å²) in [6.07, 6.45) is 1.02. The molecule has 0 saturated carbocycles. The summed E-state index contributed by atoms with van der Waals surface area (Å²) < 4.78 is 6.05. The molecule has 0 bridgehead atoms. The quantitative estimate of drug-likeness (QED) is 0.815. The molecule has 1 heterocycles. The van der Waals surface area contributed by atoms with E-state index in [0.29, 0.717) is 0 Å². The zero-order valence-electron chi connectivity index (χ0n) is 10.3. The smallest absolute Gasteiger partial charge is 0.119 e. The van der Waals surface area contributed by atoms with Gasteiger partial charge in [-0.3, -0.25) is 0 Å². The molecule has 1 N–H and O–H groups in total. The summed E-state index contributed by atoms with van der Waals surface area (Å²) in [6.45, 7) is 1.81. The topological polar surface area (TPSA) is 21.3 Å². The number of halogens is 1. The van der Waals surface area contributed by atoms with Crippen LogP contribution in [0.4, 0.5) is 0 Å². The van der Waals surface area contributed by atoms with Crippen LogP contribution in [0.15, 0.2) is 36.4 Å². The van der Waals surface area contributed by atoms with Crippen molar-refractivity contribution in [3.8, 4) is 5.75 Å². The molecule has 0 aliphatic carbocycles. The lowest BCUT2D eigenvalue weighted by Gasteiger charge is -2.06. The van der Waals surface area contributed by atoms with Crippen LogP contribution in [0.25, 0.3) is 0 Å². The zero-order valence-corrected chi connectivity index (χ0v) is 11.9. The van der Waals surface area contributed by atoms with E-state index in [1.165, 1.54) is 10.4 Å². The minimum atomic E-state index is 0.857. The Morgan fingerprint density at radius 1 is 1.28 bits per heavy atom. The van der Waals surface area contributed by atoms with Crippen molar-refractivity contribution in [2.45, 2.75) is 13.0 Å². The molecule has 1 aromatic heterocycles. The minimum absolute atomic E-state index is 0.857. The van der Waals surface area contributed by atoms with Gasteiger partial charge >= 0.3 is 0 Å². The zero-order chi connectivity index (χ0) is 12.8. The second-order valence-corrected chi connectivity index (χ2v) is 5.78. The van der Waals surface area contributed by atoms with Crippen molar-refractivity contribution in [1.82, 2.24) is 5.32 Å². The number of thiophene rings is 1. The van der Waals surface area contributed by atoms with Crippen LogP contribution in [0.2, 0.25) is 4.34 Å². The molecule has 18 heavy (non-hydrogen) atoms. The van der Waals surface area contributed by atoms with Crippen molar-refractivity contribution in [3.63, 3.8) is 0 Å². The molecule has 0 saturated heterocycles. The van der Waals surface area contributed by atoms with Gasteiger partial charge in [-0.15, -0.1) is 11.3 Å². The summed E-state index contributed by atoms with van der Waals surface area (Å²) in [4.78, 5) is 1.32. The summed E-state index contributed by atoms with van der Waals surface area (Å²) in [6, 6.07) is 12.1. The molecular weight excluding hydrogens is 266 g/mol. The second-order valence-electron chi connectivity index (χ2n) is 3.98. The third kappa shape index (κ3) is 4.02. The van der Waals surface area contributed by atoms with Crippen molar-refractivity contribution in [2.24, 2.45) is 0 Å². The molecule has 0 atom stereocenters. The first-order valence-electron chi connectivity index (χ1n) is 5.86. The van der Waals surface area contributed by atoms with Crippen molar-refractivity contribution in [1.29, 1.82) is 0 Å². The Bertz CT molecular complexity index is 498. The van der Waals surface area contributed by atoms with Crippen LogP contribution in [-0.4, -0.2) is 13.7 Å². The van der Waals surface area contributed by atoms with E-state index in [2.05, 4.69) is 23.5 Å². The molecule has 2 aromatic rings. The number of rotatable bonds is 6. The Morgan fingerprint density at radius 3 is 2.89 bits per heavy atom. The van der Waals surface area contributed by atoms with E-state index in [1.54, 1.807) is 18.4 Å². The predicted molar refractivity (Wildman–Crippen MR) is 77.7 cm³/mol. The Labute approximate surface area is 117 Å². The summed E-state index contributed by atoms with van der Waals surface area (Å²) in [5.41, 5.74) is 1.23. The van der Waals surface area contributed by atoms with Gasteiger partial charge in [0, 0.05) is 18.0 Å². The van der Waals surface area contributed by atoms with Gasteiger partial charge in [0.15, 0.2) is 0 Å². The van der Waals surface area contributed by atoms with Crippen LogP contribution in [0.3, 0.4) is 0 Å². The average molecular weight is 282 g/mol. The number of ether oxygens (including phenoxy) is 1. The van der Waals surface area contributed by atoms with Crippen molar-refractivity contribution in [2.75, 3.05) is 13.7 Å². The molecule has 0 unspecified atom stereocenters. The molecule has 2 nitrogen and oxygen atoms in total. The maximum Gasteiger partial charge on any atom is 0.119 e. The van der Waals surface area contributed by atoms with E-state index in [1.807, 2.05) is 18.2 Å². The highest BCUT2D eigenvalue weighted by atomic mass is 35.5. The fourth-order valence-corrected chi connectivity index (χ4v) is 2.80. The Kier molecular flexibility index (Phi) is 5.05. The highest BCUT2D eigenvalue weighted by Gasteiger charge is 1.98. The Balaban J connectivity index is 1.74. The average Bonchev–Trinajstić information content (AvgIpc) is 2.81. The number of benzene rings is 1. The molecule has 96 valence electrons. The van der Waals surface area contributed by atoms with Crippen LogP contribution in [0.5, 0.6) is 5.75 Å². The van der Waals surface area contributed by atoms with Gasteiger partial charge in [0.05, 0.1) is 11.4 Å². The lowest BCUT2D eigenvalue weighted by atomic mass is 10.2. The van der Waals surface area contributed by atoms with Crippen molar-refractivity contribution in [3.05, 3.63) is 51.2 Å². The van der Waals surface area contributed by atoms with E-state index in [9.17, 15) is 0 Å². The normalized spacial score (nSPS) is 10.6. The first-order valence-corrected chi connectivity index (χ1v) is 7.05. The molecular formula is C14H16ClNOS. The lowest BCUT2D eigenvalue weighted by molar-refractivity contribution is 0.414. The second kappa shape index (κ2) is 6.78. The third-order valence-electron chi connectivity index (χ3n) is 2.64. The Morgan fingerprint density at radius 2 is 2.17 bits per heavy atom. The van der Waals surface area contributed by atoms with Gasteiger partial charge in [-0.1, -0.05) is 23.7 Å².